The summed E-state index contributed by atoms with van der Waals surface area (Å²) in [5.74, 6) is 0.203. The van der Waals surface area contributed by atoms with Crippen LogP contribution in [0.3, 0.4) is 0 Å². The smallest absolute Gasteiger partial charge is 0.282 e. The molecule has 2 aromatic rings. The number of amides is 1. The lowest BCUT2D eigenvalue weighted by Gasteiger charge is -2.07. The predicted octanol–water partition coefficient (Wildman–Crippen LogP) is 0.606. The number of nitrogens with zero attached hydrogens (tertiary/aromatic N) is 3. The van der Waals surface area contributed by atoms with Crippen molar-refractivity contribution in [3.63, 3.8) is 0 Å². The van der Waals surface area contributed by atoms with E-state index in [1.165, 1.54) is 22.5 Å². The van der Waals surface area contributed by atoms with Gasteiger partial charge in [0.25, 0.3) is 11.5 Å². The Labute approximate surface area is 124 Å². The van der Waals surface area contributed by atoms with E-state index >= 15 is 0 Å². The Kier molecular flexibility index (Phi) is 3.98. The fourth-order valence-electron chi connectivity index (χ4n) is 1.90. The molecule has 3 rings (SSSR count). The summed E-state index contributed by atoms with van der Waals surface area (Å²) in [6, 6.07) is 3.59. The van der Waals surface area contributed by atoms with Gasteiger partial charge in [0.2, 0.25) is 0 Å². The van der Waals surface area contributed by atoms with Gasteiger partial charge in [-0.05, 0) is 11.6 Å². The summed E-state index contributed by atoms with van der Waals surface area (Å²) in [6.45, 7) is 0.749. The monoisotopic (exact) mass is 304 g/mol. The van der Waals surface area contributed by atoms with Crippen molar-refractivity contribution >= 4 is 17.7 Å². The van der Waals surface area contributed by atoms with Crippen molar-refractivity contribution in [2.24, 2.45) is 0 Å². The Morgan fingerprint density at radius 1 is 1.48 bits per heavy atom. The van der Waals surface area contributed by atoms with Gasteiger partial charge in [0.15, 0.2) is 5.16 Å². The number of hydroxylamine groups is 1. The zero-order valence-corrected chi connectivity index (χ0v) is 11.8. The molecule has 0 unspecified atom stereocenters. The van der Waals surface area contributed by atoms with Crippen LogP contribution in [0.5, 0.6) is 0 Å². The molecule has 108 valence electrons. The van der Waals surface area contributed by atoms with Crippen LogP contribution in [0.1, 0.15) is 15.9 Å². The normalized spacial score (nSPS) is 13.0. The first kappa shape index (κ1) is 13.8. The molecule has 8 heteroatoms. The van der Waals surface area contributed by atoms with Crippen LogP contribution in [0.4, 0.5) is 0 Å². The van der Waals surface area contributed by atoms with E-state index in [9.17, 15) is 9.59 Å². The Morgan fingerprint density at radius 2 is 2.38 bits per heavy atom. The molecular weight excluding hydrogens is 292 g/mol. The van der Waals surface area contributed by atoms with Gasteiger partial charge in [-0.25, -0.2) is 10.5 Å². The summed E-state index contributed by atoms with van der Waals surface area (Å²) < 4.78 is 1.50. The van der Waals surface area contributed by atoms with E-state index < -0.39 is 5.91 Å². The average Bonchev–Trinajstić information content (AvgIpc) is 2.98. The zero-order valence-electron chi connectivity index (χ0n) is 11.0. The summed E-state index contributed by atoms with van der Waals surface area (Å²) in [5.41, 5.74) is 2.71. The predicted molar refractivity (Wildman–Crippen MR) is 75.7 cm³/mol. The molecule has 0 fully saturated rings. The number of aromatic nitrogens is 3. The molecule has 0 bridgehead atoms. The van der Waals surface area contributed by atoms with Gasteiger partial charge in [-0.3, -0.25) is 24.0 Å². The van der Waals surface area contributed by atoms with E-state index in [1.54, 1.807) is 18.5 Å². The van der Waals surface area contributed by atoms with Crippen LogP contribution in [0, 0.1) is 0 Å². The van der Waals surface area contributed by atoms with E-state index in [-0.39, 0.29) is 17.7 Å². The quantitative estimate of drug-likeness (QED) is 0.658. The van der Waals surface area contributed by atoms with Gasteiger partial charge in [0.05, 0.1) is 0 Å². The van der Waals surface area contributed by atoms with Gasteiger partial charge in [-0.1, -0.05) is 17.8 Å². The maximum absolute atomic E-state index is 12.1. The molecule has 3 heterocycles. The van der Waals surface area contributed by atoms with Crippen molar-refractivity contribution in [1.82, 2.24) is 20.0 Å². The minimum Gasteiger partial charge on any atom is -0.286 e. The van der Waals surface area contributed by atoms with E-state index in [0.717, 1.165) is 11.3 Å². The van der Waals surface area contributed by atoms with E-state index in [4.69, 9.17) is 4.84 Å². The van der Waals surface area contributed by atoms with Crippen LogP contribution in [0.2, 0.25) is 0 Å². The second-order valence-electron chi connectivity index (χ2n) is 4.34. The van der Waals surface area contributed by atoms with E-state index in [1.807, 2.05) is 6.07 Å². The van der Waals surface area contributed by atoms with E-state index in [0.29, 0.717) is 11.7 Å². The Bertz CT molecular complexity index is 717. The lowest BCUT2D eigenvalue weighted by molar-refractivity contribution is 0.0230. The lowest BCUT2D eigenvalue weighted by atomic mass is 10.3. The molecule has 1 N–H and O–H groups in total. The second kappa shape index (κ2) is 6.06. The highest BCUT2D eigenvalue weighted by Gasteiger charge is 2.19. The molecule has 0 saturated heterocycles. The molecule has 1 amide bonds. The molecule has 1 aliphatic heterocycles. The summed E-state index contributed by atoms with van der Waals surface area (Å²) in [5, 5.41) is 0.646. The number of hydrogen-bond donors (Lipinski definition) is 1. The van der Waals surface area contributed by atoms with Gasteiger partial charge < -0.3 is 0 Å². The van der Waals surface area contributed by atoms with Crippen LogP contribution >= 0.6 is 11.8 Å². The first-order valence-corrected chi connectivity index (χ1v) is 7.28. The molecule has 1 aliphatic rings. The highest BCUT2D eigenvalue weighted by atomic mass is 32.2. The maximum Gasteiger partial charge on any atom is 0.282 e. The Hall–Kier alpha value is -2.19. The minimum absolute atomic E-state index is 0.0209. The SMILES string of the molecule is O=C(NOCc1cccnc1)c1cnc2n(c1=O)CCS2. The standard InChI is InChI=1S/C13H12N4O3S/c18-11(16-20-8-9-2-1-3-14-6-9)10-7-15-13-17(12(10)19)4-5-21-13/h1-3,6-7H,4-5,8H2,(H,16,18). The molecule has 0 radical (unpaired) electrons. The van der Waals surface area contributed by atoms with Crippen molar-refractivity contribution in [2.75, 3.05) is 5.75 Å². The topological polar surface area (TPSA) is 86.1 Å². The largest absolute Gasteiger partial charge is 0.286 e. The highest BCUT2D eigenvalue weighted by Crippen LogP contribution is 2.20. The third kappa shape index (κ3) is 2.96. The number of pyridine rings is 1. The highest BCUT2D eigenvalue weighted by molar-refractivity contribution is 7.99. The molecule has 7 nitrogen and oxygen atoms in total. The van der Waals surface area contributed by atoms with Crippen molar-refractivity contribution in [3.8, 4) is 0 Å². The van der Waals surface area contributed by atoms with Crippen LogP contribution in [0.15, 0.2) is 40.7 Å². The number of carbonyl (C=O) groups excluding carboxylic acids is 1. The van der Waals surface area contributed by atoms with Crippen LogP contribution in [-0.4, -0.2) is 26.2 Å². The average molecular weight is 304 g/mol. The number of hydrogen-bond acceptors (Lipinski definition) is 6. The first-order chi connectivity index (χ1) is 10.3. The van der Waals surface area contributed by atoms with Crippen molar-refractivity contribution in [3.05, 3.63) is 52.2 Å². The first-order valence-electron chi connectivity index (χ1n) is 6.29. The van der Waals surface area contributed by atoms with Gasteiger partial charge in [-0.2, -0.15) is 0 Å². The summed E-state index contributed by atoms with van der Waals surface area (Å²) in [7, 11) is 0. The molecular formula is C13H12N4O3S. The van der Waals surface area contributed by atoms with Gasteiger partial charge in [0.1, 0.15) is 12.2 Å². The van der Waals surface area contributed by atoms with Crippen molar-refractivity contribution in [1.29, 1.82) is 0 Å². The molecule has 0 spiro atoms. The number of fused-ring (bicyclic) bond motifs is 1. The van der Waals surface area contributed by atoms with E-state index in [2.05, 4.69) is 15.4 Å². The fraction of sp³-hybridized carbons (Fsp3) is 0.231. The molecule has 0 atom stereocenters. The third-order valence-electron chi connectivity index (χ3n) is 2.93. The summed E-state index contributed by atoms with van der Waals surface area (Å²) in [6.07, 6.45) is 4.57. The van der Waals surface area contributed by atoms with Gasteiger partial charge >= 0.3 is 0 Å². The molecule has 0 aromatic carbocycles. The summed E-state index contributed by atoms with van der Waals surface area (Å²) >= 11 is 1.50. The number of nitrogens with one attached hydrogen (secondary N) is 1. The van der Waals surface area contributed by atoms with Gasteiger partial charge in [0, 0.05) is 30.9 Å². The number of carbonyl (C=O) groups is 1. The number of rotatable bonds is 4. The zero-order chi connectivity index (χ0) is 14.7. The van der Waals surface area contributed by atoms with Crippen LogP contribution in [-0.2, 0) is 18.0 Å². The summed E-state index contributed by atoms with van der Waals surface area (Å²) in [4.78, 5) is 37.2. The van der Waals surface area contributed by atoms with Crippen LogP contribution in [0.25, 0.3) is 0 Å². The van der Waals surface area contributed by atoms with Crippen molar-refractivity contribution in [2.45, 2.75) is 18.3 Å². The maximum atomic E-state index is 12.1. The minimum atomic E-state index is -0.594. The molecule has 0 saturated carbocycles. The lowest BCUT2D eigenvalue weighted by Crippen LogP contribution is -2.33. The third-order valence-corrected chi connectivity index (χ3v) is 3.90. The van der Waals surface area contributed by atoms with Crippen molar-refractivity contribution < 1.29 is 9.63 Å². The molecule has 0 aliphatic carbocycles. The second-order valence-corrected chi connectivity index (χ2v) is 5.40. The molecule has 21 heavy (non-hydrogen) atoms. The number of thioether (sulfide) groups is 1. The fourth-order valence-corrected chi connectivity index (χ4v) is 2.81. The Morgan fingerprint density at radius 3 is 3.19 bits per heavy atom. The van der Waals surface area contributed by atoms with Crippen LogP contribution < -0.4 is 11.0 Å². The molecule has 2 aromatic heterocycles. The Balaban J connectivity index is 1.65. The van der Waals surface area contributed by atoms with Gasteiger partial charge in [-0.15, -0.1) is 0 Å².